The number of ether oxygens (including phenoxy) is 1. The van der Waals surface area contributed by atoms with Crippen molar-refractivity contribution in [1.29, 1.82) is 0 Å². The topological polar surface area (TPSA) is 89.3 Å². The summed E-state index contributed by atoms with van der Waals surface area (Å²) in [4.78, 5) is 15.8. The lowest BCUT2D eigenvalue weighted by atomic mass is 10.2. The van der Waals surface area contributed by atoms with Crippen LogP contribution >= 0.6 is 0 Å². The molecule has 0 aliphatic heterocycles. The highest BCUT2D eigenvalue weighted by Gasteiger charge is 2.18. The molecule has 1 aromatic heterocycles. The molecule has 7 nitrogen and oxygen atoms in total. The number of carbonyl (C=O) groups is 1. The highest BCUT2D eigenvalue weighted by Crippen LogP contribution is 2.27. The lowest BCUT2D eigenvalue weighted by Crippen LogP contribution is -2.34. The summed E-state index contributed by atoms with van der Waals surface area (Å²) in [7, 11) is 3.29. The minimum absolute atomic E-state index is 0.137. The van der Waals surface area contributed by atoms with Gasteiger partial charge in [-0.2, -0.15) is 4.98 Å². The number of nitrogens with zero attached hydrogens (tertiary/aromatic N) is 2. The first-order valence-electron chi connectivity index (χ1n) is 6.56. The molecule has 2 N–H and O–H groups in total. The van der Waals surface area contributed by atoms with E-state index in [2.05, 4.69) is 20.8 Å². The van der Waals surface area contributed by atoms with E-state index < -0.39 is 0 Å². The van der Waals surface area contributed by atoms with Gasteiger partial charge in [0.1, 0.15) is 11.8 Å². The molecule has 1 unspecified atom stereocenters. The number of benzene rings is 1. The van der Waals surface area contributed by atoms with E-state index >= 15 is 0 Å². The maximum Gasteiger partial charge on any atom is 0.249 e. The van der Waals surface area contributed by atoms with E-state index in [-0.39, 0.29) is 18.5 Å². The second kappa shape index (κ2) is 6.85. The monoisotopic (exact) mass is 290 g/mol. The Morgan fingerprint density at radius 3 is 2.90 bits per heavy atom. The number of likely N-dealkylation sites (N-methyl/N-ethyl adjacent to an activating group) is 1. The van der Waals surface area contributed by atoms with Crippen LogP contribution < -0.4 is 15.4 Å². The third-order valence-electron chi connectivity index (χ3n) is 2.87. The zero-order valence-electron chi connectivity index (χ0n) is 12.2. The van der Waals surface area contributed by atoms with Crippen LogP contribution in [-0.2, 0) is 4.79 Å². The highest BCUT2D eigenvalue weighted by molar-refractivity contribution is 5.78. The fraction of sp³-hybridized carbons (Fsp3) is 0.357. The van der Waals surface area contributed by atoms with Crippen molar-refractivity contribution in [2.24, 2.45) is 0 Å². The summed E-state index contributed by atoms with van der Waals surface area (Å²) in [5.74, 6) is 1.30. The number of aromatic nitrogens is 2. The Morgan fingerprint density at radius 2 is 2.19 bits per heavy atom. The first-order chi connectivity index (χ1) is 10.2. The zero-order valence-corrected chi connectivity index (χ0v) is 12.2. The number of para-hydroxylation sites is 1. The van der Waals surface area contributed by atoms with Gasteiger partial charge in [0.2, 0.25) is 17.6 Å². The van der Waals surface area contributed by atoms with Crippen molar-refractivity contribution in [3.63, 3.8) is 0 Å². The van der Waals surface area contributed by atoms with Crippen LogP contribution in [0.1, 0.15) is 18.9 Å². The molecular weight excluding hydrogens is 272 g/mol. The van der Waals surface area contributed by atoms with Crippen LogP contribution in [0.4, 0.5) is 0 Å². The zero-order chi connectivity index (χ0) is 15.2. The first-order valence-corrected chi connectivity index (χ1v) is 6.56. The largest absolute Gasteiger partial charge is 0.496 e. The molecule has 0 bridgehead atoms. The Balaban J connectivity index is 2.16. The van der Waals surface area contributed by atoms with E-state index in [1.165, 1.54) is 0 Å². The second-order valence-electron chi connectivity index (χ2n) is 4.48. The Hall–Kier alpha value is -2.41. The fourth-order valence-electron chi connectivity index (χ4n) is 1.86. The normalized spacial score (nSPS) is 12.0. The molecule has 0 saturated carbocycles. The number of rotatable bonds is 6. The van der Waals surface area contributed by atoms with Crippen molar-refractivity contribution in [2.75, 3.05) is 20.7 Å². The molecule has 0 aliphatic rings. The number of hydrogen-bond donors (Lipinski definition) is 2. The molecule has 2 aromatic rings. The molecule has 2 rings (SSSR count). The molecule has 0 aliphatic carbocycles. The maximum absolute atomic E-state index is 11.5. The third-order valence-corrected chi connectivity index (χ3v) is 2.87. The van der Waals surface area contributed by atoms with Gasteiger partial charge in [-0.3, -0.25) is 4.79 Å². The van der Waals surface area contributed by atoms with Crippen molar-refractivity contribution >= 4 is 5.91 Å². The van der Waals surface area contributed by atoms with E-state index in [9.17, 15) is 4.79 Å². The lowest BCUT2D eigenvalue weighted by Gasteiger charge is -2.08. The minimum atomic E-state index is -0.359. The van der Waals surface area contributed by atoms with E-state index in [1.54, 1.807) is 21.1 Å². The summed E-state index contributed by atoms with van der Waals surface area (Å²) < 4.78 is 10.5. The van der Waals surface area contributed by atoms with Gasteiger partial charge in [0, 0.05) is 0 Å². The van der Waals surface area contributed by atoms with Gasteiger partial charge in [-0.1, -0.05) is 17.3 Å². The quantitative estimate of drug-likeness (QED) is 0.829. The standard InChI is InChI=1S/C14H18N4O3/c1-9(16-12(19)8-15-2)14-17-13(18-21-14)10-6-4-5-7-11(10)20-3/h4-7,9,15H,8H2,1-3H3,(H,16,19). The molecule has 7 heteroatoms. The average molecular weight is 290 g/mol. The van der Waals surface area contributed by atoms with Crippen LogP contribution in [0.2, 0.25) is 0 Å². The summed E-state index contributed by atoms with van der Waals surface area (Å²) in [5, 5.41) is 9.47. The maximum atomic E-state index is 11.5. The van der Waals surface area contributed by atoms with Gasteiger partial charge < -0.3 is 19.9 Å². The SMILES string of the molecule is CNCC(=O)NC(C)c1nc(-c2ccccc2OC)no1. The molecule has 0 fully saturated rings. The van der Waals surface area contributed by atoms with Crippen LogP contribution in [0, 0.1) is 0 Å². The Bertz CT molecular complexity index is 612. The summed E-state index contributed by atoms with van der Waals surface area (Å²) in [6, 6.07) is 7.04. The number of amides is 1. The fourth-order valence-corrected chi connectivity index (χ4v) is 1.86. The van der Waals surface area contributed by atoms with Gasteiger partial charge in [-0.05, 0) is 26.1 Å². The number of hydrogen-bond acceptors (Lipinski definition) is 6. The average Bonchev–Trinajstić information content (AvgIpc) is 2.97. The van der Waals surface area contributed by atoms with Crippen molar-refractivity contribution < 1.29 is 14.1 Å². The summed E-state index contributed by atoms with van der Waals surface area (Å²) in [6.45, 7) is 2.02. The van der Waals surface area contributed by atoms with Crippen molar-refractivity contribution in [2.45, 2.75) is 13.0 Å². The van der Waals surface area contributed by atoms with Gasteiger partial charge in [0.25, 0.3) is 0 Å². The second-order valence-corrected chi connectivity index (χ2v) is 4.48. The van der Waals surface area contributed by atoms with Crippen molar-refractivity contribution in [3.05, 3.63) is 30.2 Å². The Kier molecular flexibility index (Phi) is 4.89. The van der Waals surface area contributed by atoms with E-state index in [4.69, 9.17) is 9.26 Å². The Labute approximate surface area is 122 Å². The molecule has 1 heterocycles. The molecule has 0 saturated heterocycles. The number of carbonyl (C=O) groups excluding carboxylic acids is 1. The number of nitrogens with one attached hydrogen (secondary N) is 2. The molecule has 0 radical (unpaired) electrons. The lowest BCUT2D eigenvalue weighted by molar-refractivity contribution is -0.120. The predicted molar refractivity (Wildman–Crippen MR) is 76.8 cm³/mol. The van der Waals surface area contributed by atoms with Gasteiger partial charge >= 0.3 is 0 Å². The van der Waals surface area contributed by atoms with E-state index in [0.717, 1.165) is 5.56 Å². The molecular formula is C14H18N4O3. The van der Waals surface area contributed by atoms with Crippen molar-refractivity contribution in [1.82, 2.24) is 20.8 Å². The molecule has 112 valence electrons. The van der Waals surface area contributed by atoms with Crippen LogP contribution in [0.3, 0.4) is 0 Å². The summed E-state index contributed by atoms with van der Waals surface area (Å²) >= 11 is 0. The molecule has 0 spiro atoms. The molecule has 1 atom stereocenters. The van der Waals surface area contributed by atoms with Gasteiger partial charge in [0.05, 0.1) is 19.2 Å². The number of methoxy groups -OCH3 is 1. The van der Waals surface area contributed by atoms with Gasteiger partial charge in [-0.15, -0.1) is 0 Å². The minimum Gasteiger partial charge on any atom is -0.496 e. The highest BCUT2D eigenvalue weighted by atomic mass is 16.5. The van der Waals surface area contributed by atoms with E-state index in [1.807, 2.05) is 24.3 Å². The summed E-state index contributed by atoms with van der Waals surface area (Å²) in [6.07, 6.45) is 0. The van der Waals surface area contributed by atoms with Crippen LogP contribution in [0.25, 0.3) is 11.4 Å². The molecule has 1 aromatic carbocycles. The van der Waals surface area contributed by atoms with E-state index in [0.29, 0.717) is 17.5 Å². The molecule has 1 amide bonds. The Morgan fingerprint density at radius 1 is 1.43 bits per heavy atom. The van der Waals surface area contributed by atoms with Gasteiger partial charge in [0.15, 0.2) is 0 Å². The third kappa shape index (κ3) is 3.57. The summed E-state index contributed by atoms with van der Waals surface area (Å²) in [5.41, 5.74) is 0.740. The first kappa shape index (κ1) is 15.0. The van der Waals surface area contributed by atoms with Crippen LogP contribution in [0.5, 0.6) is 5.75 Å². The van der Waals surface area contributed by atoms with Crippen molar-refractivity contribution in [3.8, 4) is 17.1 Å². The van der Waals surface area contributed by atoms with Crippen LogP contribution in [0.15, 0.2) is 28.8 Å². The smallest absolute Gasteiger partial charge is 0.249 e. The predicted octanol–water partition coefficient (Wildman–Crippen LogP) is 1.14. The van der Waals surface area contributed by atoms with Gasteiger partial charge in [-0.25, -0.2) is 0 Å². The molecule has 21 heavy (non-hydrogen) atoms. The van der Waals surface area contributed by atoms with Crippen LogP contribution in [-0.4, -0.2) is 36.8 Å².